The Morgan fingerprint density at radius 1 is 1.47 bits per heavy atom. The highest BCUT2D eigenvalue weighted by Crippen LogP contribution is 2.27. The molecular formula is C11H20BrNO2. The first kappa shape index (κ1) is 12.8. The number of alkyl carbamates (subject to hydrolysis) is 1. The molecule has 88 valence electrons. The monoisotopic (exact) mass is 277 g/mol. The van der Waals surface area contributed by atoms with Crippen molar-refractivity contribution in [1.82, 2.24) is 5.32 Å². The SMILES string of the molecule is CC(C)(C)OC(=O)NC1CC[C@@H](CBr)C1. The molecule has 0 aromatic heterocycles. The van der Waals surface area contributed by atoms with Gasteiger partial charge in [-0.05, 0) is 46.0 Å². The summed E-state index contributed by atoms with van der Waals surface area (Å²) in [6.07, 6.45) is 3.02. The summed E-state index contributed by atoms with van der Waals surface area (Å²) in [7, 11) is 0. The van der Waals surface area contributed by atoms with Crippen LogP contribution >= 0.6 is 15.9 Å². The number of carbonyl (C=O) groups is 1. The van der Waals surface area contributed by atoms with Gasteiger partial charge in [-0.2, -0.15) is 0 Å². The number of rotatable bonds is 2. The van der Waals surface area contributed by atoms with E-state index < -0.39 is 5.60 Å². The first-order valence-electron chi connectivity index (χ1n) is 5.46. The van der Waals surface area contributed by atoms with Crippen molar-refractivity contribution in [2.24, 2.45) is 5.92 Å². The van der Waals surface area contributed by atoms with Crippen molar-refractivity contribution in [3.05, 3.63) is 0 Å². The minimum absolute atomic E-state index is 0.289. The van der Waals surface area contributed by atoms with Crippen LogP contribution in [0.15, 0.2) is 0 Å². The van der Waals surface area contributed by atoms with Gasteiger partial charge in [0.15, 0.2) is 0 Å². The first-order valence-corrected chi connectivity index (χ1v) is 6.58. The smallest absolute Gasteiger partial charge is 0.407 e. The van der Waals surface area contributed by atoms with Crippen LogP contribution in [0.4, 0.5) is 4.79 Å². The number of nitrogens with one attached hydrogen (secondary N) is 1. The zero-order chi connectivity index (χ0) is 11.5. The molecular weight excluding hydrogens is 258 g/mol. The van der Waals surface area contributed by atoms with E-state index >= 15 is 0 Å². The highest BCUT2D eigenvalue weighted by atomic mass is 79.9. The molecule has 0 bridgehead atoms. The molecule has 1 rings (SSSR count). The third-order valence-electron chi connectivity index (χ3n) is 2.48. The maximum Gasteiger partial charge on any atom is 0.407 e. The predicted octanol–water partition coefficient (Wildman–Crippen LogP) is 3.07. The number of hydrogen-bond acceptors (Lipinski definition) is 2. The molecule has 1 amide bonds. The lowest BCUT2D eigenvalue weighted by Gasteiger charge is -2.21. The summed E-state index contributed by atoms with van der Waals surface area (Å²) < 4.78 is 5.21. The molecule has 0 aromatic rings. The Morgan fingerprint density at radius 3 is 2.60 bits per heavy atom. The van der Waals surface area contributed by atoms with Crippen LogP contribution in [0.3, 0.4) is 0 Å². The lowest BCUT2D eigenvalue weighted by atomic mass is 10.1. The summed E-state index contributed by atoms with van der Waals surface area (Å²) in [6.45, 7) is 5.63. The van der Waals surface area contributed by atoms with Gasteiger partial charge in [-0.1, -0.05) is 15.9 Å². The number of carbonyl (C=O) groups excluding carboxylic acids is 1. The first-order chi connectivity index (χ1) is 6.90. The largest absolute Gasteiger partial charge is 0.444 e. The molecule has 1 fully saturated rings. The van der Waals surface area contributed by atoms with Gasteiger partial charge in [-0.25, -0.2) is 4.79 Å². The summed E-state index contributed by atoms with van der Waals surface area (Å²) in [5.74, 6) is 0.699. The van der Waals surface area contributed by atoms with Gasteiger partial charge in [-0.15, -0.1) is 0 Å². The minimum Gasteiger partial charge on any atom is -0.444 e. The van der Waals surface area contributed by atoms with Gasteiger partial charge in [0.25, 0.3) is 0 Å². The molecule has 15 heavy (non-hydrogen) atoms. The number of alkyl halides is 1. The van der Waals surface area contributed by atoms with Gasteiger partial charge >= 0.3 is 6.09 Å². The number of hydrogen-bond donors (Lipinski definition) is 1. The quantitative estimate of drug-likeness (QED) is 0.788. The summed E-state index contributed by atoms with van der Waals surface area (Å²) in [4.78, 5) is 11.5. The fourth-order valence-corrected chi connectivity index (χ4v) is 2.41. The third kappa shape index (κ3) is 4.87. The molecule has 3 nitrogen and oxygen atoms in total. The van der Waals surface area contributed by atoms with Crippen LogP contribution in [-0.2, 0) is 4.74 Å². The fourth-order valence-electron chi connectivity index (χ4n) is 1.82. The maximum absolute atomic E-state index is 11.5. The molecule has 1 saturated carbocycles. The standard InChI is InChI=1S/C11H20BrNO2/c1-11(2,3)15-10(14)13-9-5-4-8(6-9)7-12/h8-9H,4-7H2,1-3H3,(H,13,14)/t8-,9?/m1/s1. The molecule has 1 N–H and O–H groups in total. The summed E-state index contributed by atoms with van der Waals surface area (Å²) in [6, 6.07) is 0.294. The van der Waals surface area contributed by atoms with Crippen LogP contribution < -0.4 is 5.32 Å². The Labute approximate surface area is 100 Å². The Morgan fingerprint density at radius 2 is 2.13 bits per heavy atom. The second-order valence-electron chi connectivity index (χ2n) is 5.18. The van der Waals surface area contributed by atoms with E-state index in [1.165, 1.54) is 6.42 Å². The molecule has 0 radical (unpaired) electrons. The lowest BCUT2D eigenvalue weighted by Crippen LogP contribution is -2.37. The van der Waals surface area contributed by atoms with Crippen LogP contribution in [0.1, 0.15) is 40.0 Å². The van der Waals surface area contributed by atoms with Crippen molar-refractivity contribution >= 4 is 22.0 Å². The highest BCUT2D eigenvalue weighted by Gasteiger charge is 2.26. The highest BCUT2D eigenvalue weighted by molar-refractivity contribution is 9.09. The third-order valence-corrected chi connectivity index (χ3v) is 3.40. The van der Waals surface area contributed by atoms with E-state index in [9.17, 15) is 4.79 Å². The van der Waals surface area contributed by atoms with Crippen LogP contribution in [0.2, 0.25) is 0 Å². The molecule has 0 aliphatic heterocycles. The minimum atomic E-state index is -0.405. The number of ether oxygens (including phenoxy) is 1. The Kier molecular flexibility index (Phi) is 4.44. The lowest BCUT2D eigenvalue weighted by molar-refractivity contribution is 0.0505. The van der Waals surface area contributed by atoms with Gasteiger partial charge in [0.1, 0.15) is 5.60 Å². The zero-order valence-electron chi connectivity index (χ0n) is 9.68. The molecule has 1 unspecified atom stereocenters. The molecule has 2 atom stereocenters. The summed E-state index contributed by atoms with van der Waals surface area (Å²) >= 11 is 3.47. The van der Waals surface area contributed by atoms with Crippen LogP contribution in [0.25, 0.3) is 0 Å². The molecule has 0 heterocycles. The van der Waals surface area contributed by atoms with Crippen molar-refractivity contribution in [3.63, 3.8) is 0 Å². The zero-order valence-corrected chi connectivity index (χ0v) is 11.3. The van der Waals surface area contributed by atoms with Crippen LogP contribution in [0, 0.1) is 5.92 Å². The average molecular weight is 278 g/mol. The second kappa shape index (κ2) is 5.19. The average Bonchev–Trinajstić information content (AvgIpc) is 2.48. The molecule has 1 aliphatic carbocycles. The predicted molar refractivity (Wildman–Crippen MR) is 64.3 cm³/mol. The number of amides is 1. The normalized spacial score (nSPS) is 26.4. The second-order valence-corrected chi connectivity index (χ2v) is 5.82. The van der Waals surface area contributed by atoms with Crippen molar-refractivity contribution in [2.45, 2.75) is 51.7 Å². The van der Waals surface area contributed by atoms with Gasteiger partial charge in [0, 0.05) is 11.4 Å². The van der Waals surface area contributed by atoms with Crippen molar-refractivity contribution < 1.29 is 9.53 Å². The van der Waals surface area contributed by atoms with E-state index in [1.54, 1.807) is 0 Å². The fraction of sp³-hybridized carbons (Fsp3) is 0.909. The Bertz CT molecular complexity index is 225. The van der Waals surface area contributed by atoms with Gasteiger partial charge in [0.05, 0.1) is 0 Å². The summed E-state index contributed by atoms with van der Waals surface area (Å²) in [5, 5.41) is 3.94. The van der Waals surface area contributed by atoms with Crippen molar-refractivity contribution in [3.8, 4) is 0 Å². The topological polar surface area (TPSA) is 38.3 Å². The van der Waals surface area contributed by atoms with E-state index in [0.29, 0.717) is 12.0 Å². The molecule has 1 aliphatic rings. The van der Waals surface area contributed by atoms with Gasteiger partial charge in [0.2, 0.25) is 0 Å². The molecule has 0 saturated heterocycles. The van der Waals surface area contributed by atoms with Crippen molar-refractivity contribution in [1.29, 1.82) is 0 Å². The van der Waals surface area contributed by atoms with Gasteiger partial charge < -0.3 is 10.1 Å². The Hall–Kier alpha value is -0.250. The van der Waals surface area contributed by atoms with Gasteiger partial charge in [-0.3, -0.25) is 0 Å². The Balaban J connectivity index is 2.28. The molecule has 0 aromatic carbocycles. The molecule has 0 spiro atoms. The van der Waals surface area contributed by atoms with E-state index in [1.807, 2.05) is 20.8 Å². The van der Waals surface area contributed by atoms with Crippen LogP contribution in [0.5, 0.6) is 0 Å². The van der Waals surface area contributed by atoms with Crippen LogP contribution in [-0.4, -0.2) is 23.1 Å². The van der Waals surface area contributed by atoms with E-state index in [2.05, 4.69) is 21.2 Å². The maximum atomic E-state index is 11.5. The van der Waals surface area contributed by atoms with Crippen molar-refractivity contribution in [2.75, 3.05) is 5.33 Å². The van der Waals surface area contributed by atoms with E-state index in [4.69, 9.17) is 4.74 Å². The summed E-state index contributed by atoms with van der Waals surface area (Å²) in [5.41, 5.74) is -0.405. The molecule has 4 heteroatoms. The van der Waals surface area contributed by atoms with E-state index in [-0.39, 0.29) is 6.09 Å². The van der Waals surface area contributed by atoms with E-state index in [0.717, 1.165) is 18.2 Å². The number of halogens is 1.